The molecule has 1 radical (unpaired) electrons. The second-order valence-electron chi connectivity index (χ2n) is 13.8. The van der Waals surface area contributed by atoms with Crippen molar-refractivity contribution in [2.45, 2.75) is 89.5 Å². The topological polar surface area (TPSA) is 134 Å². The SMILES string of the molecule is CCCC(=O)Oc1c(OC)c(C)cc2c1[C@@H]1C3Cc4c(O)c(C)c5c(c4[C@H](CNC(=O)CCc4ccccc4)N3[C@@H](C#N)[C@H](C2)N1C)OCO5.[Ac]. The normalized spacial score (nSPS) is 22.8. The molecule has 265 valence electrons. The van der Waals surface area contributed by atoms with E-state index in [1.807, 2.05) is 58.2 Å². The van der Waals surface area contributed by atoms with Gasteiger partial charge in [-0.05, 0) is 63.3 Å². The number of piperazine rings is 1. The summed E-state index contributed by atoms with van der Waals surface area (Å²) >= 11 is 0. The number of amides is 1. The van der Waals surface area contributed by atoms with Crippen LogP contribution in [0, 0.1) is 69.2 Å². The summed E-state index contributed by atoms with van der Waals surface area (Å²) in [6.45, 7) is 5.89. The molecule has 4 aliphatic rings. The second-order valence-corrected chi connectivity index (χ2v) is 13.8. The van der Waals surface area contributed by atoms with E-state index in [0.717, 1.165) is 27.8 Å². The number of methoxy groups -OCH3 is 1. The van der Waals surface area contributed by atoms with Gasteiger partial charge in [-0.2, -0.15) is 5.26 Å². The maximum Gasteiger partial charge on any atom is 0.311 e. The van der Waals surface area contributed by atoms with Gasteiger partial charge in [0.1, 0.15) is 11.8 Å². The van der Waals surface area contributed by atoms with E-state index in [-0.39, 0.29) is 99.6 Å². The molecular weight excluding hydrogens is 863 g/mol. The van der Waals surface area contributed by atoms with Crippen molar-refractivity contribution in [3.63, 3.8) is 0 Å². The van der Waals surface area contributed by atoms with Crippen molar-refractivity contribution in [1.29, 1.82) is 5.26 Å². The molecule has 0 spiro atoms. The molecular formula is C39H44AcN4O7. The molecule has 3 aromatic rings. The number of likely N-dealkylation sites (N-methyl/N-ethyl adjacent to an activating group) is 1. The first-order valence-corrected chi connectivity index (χ1v) is 17.4. The number of ether oxygens (including phenoxy) is 4. The Morgan fingerprint density at radius 2 is 1.80 bits per heavy atom. The van der Waals surface area contributed by atoms with E-state index < -0.39 is 12.1 Å². The summed E-state index contributed by atoms with van der Waals surface area (Å²) in [4.78, 5) is 30.9. The Bertz CT molecular complexity index is 1880. The molecule has 1 fully saturated rings. The summed E-state index contributed by atoms with van der Waals surface area (Å²) in [5, 5.41) is 25.8. The van der Waals surface area contributed by atoms with Crippen LogP contribution >= 0.6 is 0 Å². The molecule has 0 aliphatic carbocycles. The van der Waals surface area contributed by atoms with Gasteiger partial charge in [-0.15, -0.1) is 0 Å². The number of nitriles is 1. The van der Waals surface area contributed by atoms with Crippen LogP contribution in [0.5, 0.6) is 28.7 Å². The first kappa shape index (κ1) is 37.4. The van der Waals surface area contributed by atoms with Crippen LogP contribution in [0.3, 0.4) is 0 Å². The van der Waals surface area contributed by atoms with Crippen LogP contribution < -0.4 is 24.3 Å². The van der Waals surface area contributed by atoms with Crippen LogP contribution in [0.15, 0.2) is 36.4 Å². The summed E-state index contributed by atoms with van der Waals surface area (Å²) in [5.41, 5.74) is 5.82. The molecule has 2 bridgehead atoms. The van der Waals surface area contributed by atoms with E-state index >= 15 is 0 Å². The van der Waals surface area contributed by atoms with E-state index in [4.69, 9.17) is 18.9 Å². The molecule has 7 rings (SSSR count). The van der Waals surface area contributed by atoms with Crippen molar-refractivity contribution in [3.8, 4) is 34.8 Å². The molecule has 1 saturated heterocycles. The van der Waals surface area contributed by atoms with Gasteiger partial charge in [-0.3, -0.25) is 19.4 Å². The molecule has 12 heteroatoms. The molecule has 4 aliphatic heterocycles. The Kier molecular flexibility index (Phi) is 11.2. The number of carbonyl (C=O) groups is 2. The fraction of sp³-hybridized carbons (Fsp3) is 0.462. The minimum absolute atomic E-state index is 0. The van der Waals surface area contributed by atoms with Crippen molar-refractivity contribution in [1.82, 2.24) is 15.1 Å². The monoisotopic (exact) mass is 907 g/mol. The van der Waals surface area contributed by atoms with Crippen molar-refractivity contribution in [3.05, 3.63) is 75.3 Å². The van der Waals surface area contributed by atoms with Crippen molar-refractivity contribution in [2.24, 2.45) is 0 Å². The number of fused-ring (bicyclic) bond motifs is 9. The Morgan fingerprint density at radius 1 is 1.06 bits per heavy atom. The van der Waals surface area contributed by atoms with Crippen LogP contribution in [-0.4, -0.2) is 72.4 Å². The van der Waals surface area contributed by atoms with Gasteiger partial charge in [0, 0.05) is 97.8 Å². The van der Waals surface area contributed by atoms with Crippen molar-refractivity contribution in [2.75, 3.05) is 27.5 Å². The molecule has 4 heterocycles. The molecule has 5 atom stereocenters. The molecule has 0 aromatic heterocycles. The average molecular weight is 908 g/mol. The Hall–Kier alpha value is -3.35. The average Bonchev–Trinajstić information content (AvgIpc) is 3.60. The van der Waals surface area contributed by atoms with Gasteiger partial charge in [0.2, 0.25) is 12.7 Å². The number of phenolic OH excluding ortho intramolecular Hbond substituents is 1. The molecule has 3 aromatic carbocycles. The molecule has 11 nitrogen and oxygen atoms in total. The summed E-state index contributed by atoms with van der Waals surface area (Å²) < 4.78 is 24.0. The molecule has 51 heavy (non-hydrogen) atoms. The predicted molar refractivity (Wildman–Crippen MR) is 184 cm³/mol. The third-order valence-electron chi connectivity index (χ3n) is 10.9. The van der Waals surface area contributed by atoms with Crippen LogP contribution in [-0.2, 0) is 28.9 Å². The predicted octanol–water partition coefficient (Wildman–Crippen LogP) is 4.97. The van der Waals surface area contributed by atoms with E-state index in [2.05, 4.69) is 27.3 Å². The van der Waals surface area contributed by atoms with E-state index in [1.165, 1.54) is 0 Å². The van der Waals surface area contributed by atoms with E-state index in [1.54, 1.807) is 7.11 Å². The zero-order chi connectivity index (χ0) is 35.3. The van der Waals surface area contributed by atoms with Gasteiger partial charge in [0.05, 0.1) is 25.3 Å². The number of nitrogens with one attached hydrogen (secondary N) is 1. The van der Waals surface area contributed by atoms with Gasteiger partial charge in [-0.25, -0.2) is 0 Å². The molecule has 1 amide bonds. The molecule has 0 saturated carbocycles. The standard InChI is InChI=1S/C39H44N4O7.Ac/c1-6-10-31(45)50-39-32-24(15-21(2)36(39)47-5)16-26-28(18-40)43-27(34(32)42(26)4)17-25-33(38-37(48-20-49-38)22(3)35(25)46)29(43)19-41-30(44)14-13-23-11-8-7-9-12-23;/h7-9,11-12,15,26-29,34,46H,6,10,13-14,16-17,19-20H2,1-5H3,(H,41,44);/t26-,27?,28-,29-,34-;/m0./s1. The fourth-order valence-electron chi connectivity index (χ4n) is 8.69. The van der Waals surface area contributed by atoms with Gasteiger partial charge < -0.3 is 29.4 Å². The summed E-state index contributed by atoms with van der Waals surface area (Å²) in [6.07, 6.45) is 2.74. The summed E-state index contributed by atoms with van der Waals surface area (Å²) in [6, 6.07) is 12.6. The zero-order valence-electron chi connectivity index (χ0n) is 29.8. The Balaban J connectivity index is 0.00000448. The number of esters is 1. The third kappa shape index (κ3) is 6.50. The number of aromatic hydroxyl groups is 1. The quantitative estimate of drug-likeness (QED) is 0.224. The number of benzene rings is 3. The number of hydrogen-bond acceptors (Lipinski definition) is 10. The van der Waals surface area contributed by atoms with Gasteiger partial charge in [-0.1, -0.05) is 43.3 Å². The Labute approximate surface area is 334 Å². The summed E-state index contributed by atoms with van der Waals surface area (Å²) in [5.74, 6) is 1.63. The number of rotatable bonds is 9. The Morgan fingerprint density at radius 3 is 2.51 bits per heavy atom. The number of aryl methyl sites for hydroxylation is 2. The number of nitrogens with zero attached hydrogens (tertiary/aromatic N) is 3. The van der Waals surface area contributed by atoms with Gasteiger partial charge in [0.15, 0.2) is 23.0 Å². The molecule has 1 unspecified atom stereocenters. The first-order valence-electron chi connectivity index (χ1n) is 17.4. The maximum atomic E-state index is 13.4. The van der Waals surface area contributed by atoms with Gasteiger partial charge >= 0.3 is 5.97 Å². The second kappa shape index (κ2) is 15.3. The van der Waals surface area contributed by atoms with Crippen LogP contribution in [0.1, 0.15) is 77.2 Å². The van der Waals surface area contributed by atoms with Crippen molar-refractivity contribution < 1.29 is 77.7 Å². The minimum atomic E-state index is -0.566. The van der Waals surface area contributed by atoms with Gasteiger partial charge in [0.25, 0.3) is 0 Å². The number of hydrogen-bond donors (Lipinski definition) is 2. The maximum absolute atomic E-state index is 13.4. The molecule has 2 N–H and O–H groups in total. The van der Waals surface area contributed by atoms with E-state index in [0.29, 0.717) is 66.2 Å². The fourth-order valence-corrected chi connectivity index (χ4v) is 8.69. The van der Waals surface area contributed by atoms with E-state index in [9.17, 15) is 20.0 Å². The summed E-state index contributed by atoms with van der Waals surface area (Å²) in [7, 11) is 3.60. The van der Waals surface area contributed by atoms with Crippen LogP contribution in [0.2, 0.25) is 0 Å². The smallest absolute Gasteiger partial charge is 0.311 e. The van der Waals surface area contributed by atoms with Crippen molar-refractivity contribution >= 4 is 11.9 Å². The van der Waals surface area contributed by atoms with Crippen LogP contribution in [0.4, 0.5) is 0 Å². The zero-order valence-corrected chi connectivity index (χ0v) is 34.6. The number of carbonyl (C=O) groups excluding carboxylic acids is 2. The minimum Gasteiger partial charge on any atom is -0.507 e. The van der Waals surface area contributed by atoms with Crippen LogP contribution in [0.25, 0.3) is 0 Å². The number of phenols is 1. The third-order valence-corrected chi connectivity index (χ3v) is 10.9. The largest absolute Gasteiger partial charge is 0.507 e. The first-order chi connectivity index (χ1) is 24.2.